The molecular formula is C20H24N2O3S. The molecule has 0 saturated heterocycles. The van der Waals surface area contributed by atoms with Crippen molar-refractivity contribution < 1.29 is 13.2 Å². The minimum absolute atomic E-state index is 0.129. The number of nitrogens with zero attached hydrogens (tertiary/aromatic N) is 1. The fourth-order valence-corrected chi connectivity index (χ4v) is 4.57. The van der Waals surface area contributed by atoms with E-state index in [1.54, 1.807) is 30.3 Å². The molecule has 2 aromatic rings. The molecule has 6 heteroatoms. The number of amides is 1. The molecule has 26 heavy (non-hydrogen) atoms. The molecule has 0 aromatic heterocycles. The lowest BCUT2D eigenvalue weighted by Gasteiger charge is -2.34. The van der Waals surface area contributed by atoms with Crippen molar-refractivity contribution in [2.75, 3.05) is 11.4 Å². The van der Waals surface area contributed by atoms with Crippen LogP contribution in [0.2, 0.25) is 0 Å². The standard InChI is InChI=1S/C20H24N2O3S/c1-4-22-19(23)11-14(2)18-12-16(10-15(3)20(18)22)13-21-26(24,25)17-8-6-5-7-9-17/h5-10,12,14,21H,4,11,13H2,1-3H3. The number of nitrogens with one attached hydrogen (secondary N) is 1. The molecule has 1 heterocycles. The van der Waals surface area contributed by atoms with Crippen LogP contribution in [-0.4, -0.2) is 20.9 Å². The summed E-state index contributed by atoms with van der Waals surface area (Å²) in [4.78, 5) is 14.4. The highest BCUT2D eigenvalue weighted by Gasteiger charge is 2.29. The summed E-state index contributed by atoms with van der Waals surface area (Å²) in [6.45, 7) is 6.85. The number of aryl methyl sites for hydroxylation is 1. The molecule has 1 N–H and O–H groups in total. The SMILES string of the molecule is CCN1C(=O)CC(C)c2cc(CNS(=O)(=O)c3ccccc3)cc(C)c21. The number of fused-ring (bicyclic) bond motifs is 1. The van der Waals surface area contributed by atoms with Crippen LogP contribution in [0.15, 0.2) is 47.4 Å². The Hall–Kier alpha value is -2.18. The van der Waals surface area contributed by atoms with E-state index < -0.39 is 10.0 Å². The maximum atomic E-state index is 12.4. The van der Waals surface area contributed by atoms with E-state index in [0.29, 0.717) is 13.0 Å². The molecular weight excluding hydrogens is 348 g/mol. The first-order valence-corrected chi connectivity index (χ1v) is 10.3. The molecule has 1 aliphatic rings. The molecule has 138 valence electrons. The van der Waals surface area contributed by atoms with Crippen LogP contribution >= 0.6 is 0 Å². The molecule has 3 rings (SSSR count). The highest BCUT2D eigenvalue weighted by Crippen LogP contribution is 2.38. The van der Waals surface area contributed by atoms with Crippen LogP contribution < -0.4 is 9.62 Å². The first-order valence-electron chi connectivity index (χ1n) is 8.82. The lowest BCUT2D eigenvalue weighted by Crippen LogP contribution is -2.36. The molecule has 1 aliphatic heterocycles. The van der Waals surface area contributed by atoms with Gasteiger partial charge in [-0.1, -0.05) is 37.3 Å². The van der Waals surface area contributed by atoms with E-state index in [1.807, 2.05) is 37.8 Å². The third-order valence-electron chi connectivity index (χ3n) is 4.81. The van der Waals surface area contributed by atoms with E-state index in [4.69, 9.17) is 0 Å². The maximum Gasteiger partial charge on any atom is 0.240 e. The smallest absolute Gasteiger partial charge is 0.240 e. The van der Waals surface area contributed by atoms with E-state index in [1.165, 1.54) is 0 Å². The molecule has 0 spiro atoms. The van der Waals surface area contributed by atoms with Crippen LogP contribution in [-0.2, 0) is 21.4 Å². The van der Waals surface area contributed by atoms with Crippen LogP contribution in [0.3, 0.4) is 0 Å². The second kappa shape index (κ2) is 7.21. The van der Waals surface area contributed by atoms with Gasteiger partial charge in [0.2, 0.25) is 15.9 Å². The summed E-state index contributed by atoms with van der Waals surface area (Å²) in [6, 6.07) is 12.3. The summed E-state index contributed by atoms with van der Waals surface area (Å²) in [5.41, 5.74) is 3.99. The van der Waals surface area contributed by atoms with Gasteiger partial charge in [0.25, 0.3) is 0 Å². The van der Waals surface area contributed by atoms with Crippen LogP contribution in [0.25, 0.3) is 0 Å². The molecule has 0 saturated carbocycles. The van der Waals surface area contributed by atoms with Gasteiger partial charge in [0, 0.05) is 25.2 Å². The molecule has 1 atom stereocenters. The molecule has 0 bridgehead atoms. The molecule has 2 aromatic carbocycles. The van der Waals surface area contributed by atoms with E-state index >= 15 is 0 Å². The molecule has 5 nitrogen and oxygen atoms in total. The Kier molecular flexibility index (Phi) is 5.16. The lowest BCUT2D eigenvalue weighted by atomic mass is 9.87. The van der Waals surface area contributed by atoms with Gasteiger partial charge in [0.15, 0.2) is 0 Å². The quantitative estimate of drug-likeness (QED) is 0.875. The number of hydrogen-bond acceptors (Lipinski definition) is 3. The Bertz CT molecular complexity index is 924. The van der Waals surface area contributed by atoms with Crippen LogP contribution in [0.4, 0.5) is 5.69 Å². The van der Waals surface area contributed by atoms with Gasteiger partial charge >= 0.3 is 0 Å². The topological polar surface area (TPSA) is 66.5 Å². The van der Waals surface area contributed by atoms with Gasteiger partial charge < -0.3 is 4.90 Å². The molecule has 0 aliphatic carbocycles. The lowest BCUT2D eigenvalue weighted by molar-refractivity contribution is -0.119. The van der Waals surface area contributed by atoms with Crippen molar-refractivity contribution in [1.82, 2.24) is 4.72 Å². The number of anilines is 1. The molecule has 1 amide bonds. The first kappa shape index (κ1) is 18.6. The van der Waals surface area contributed by atoms with E-state index in [-0.39, 0.29) is 23.3 Å². The zero-order valence-corrected chi connectivity index (χ0v) is 16.1. The van der Waals surface area contributed by atoms with E-state index in [9.17, 15) is 13.2 Å². The van der Waals surface area contributed by atoms with Crippen molar-refractivity contribution in [1.29, 1.82) is 0 Å². The number of rotatable bonds is 5. The summed E-state index contributed by atoms with van der Waals surface area (Å²) < 4.78 is 27.5. The molecule has 0 fully saturated rings. The predicted octanol–water partition coefficient (Wildman–Crippen LogP) is 3.33. The Balaban J connectivity index is 1.88. The third kappa shape index (κ3) is 3.52. The Morgan fingerprint density at radius 2 is 1.88 bits per heavy atom. The molecule has 0 radical (unpaired) electrons. The Labute approximate surface area is 155 Å². The Morgan fingerprint density at radius 1 is 1.19 bits per heavy atom. The van der Waals surface area contributed by atoms with E-state index in [2.05, 4.69) is 4.72 Å². The largest absolute Gasteiger partial charge is 0.312 e. The average molecular weight is 372 g/mol. The summed E-state index contributed by atoms with van der Waals surface area (Å²) in [5.74, 6) is 0.276. The number of carbonyl (C=O) groups excluding carboxylic acids is 1. The second-order valence-electron chi connectivity index (χ2n) is 6.73. The number of sulfonamides is 1. The van der Waals surface area contributed by atoms with Crippen molar-refractivity contribution in [3.8, 4) is 0 Å². The summed E-state index contributed by atoms with van der Waals surface area (Å²) in [6.07, 6.45) is 0.486. The maximum absolute atomic E-state index is 12.4. The van der Waals surface area contributed by atoms with E-state index in [0.717, 1.165) is 22.4 Å². The minimum Gasteiger partial charge on any atom is -0.312 e. The van der Waals surface area contributed by atoms with Gasteiger partial charge in [-0.2, -0.15) is 0 Å². The van der Waals surface area contributed by atoms with Crippen molar-refractivity contribution >= 4 is 21.6 Å². The van der Waals surface area contributed by atoms with Crippen LogP contribution in [0.1, 0.15) is 42.9 Å². The van der Waals surface area contributed by atoms with Gasteiger partial charge in [-0.15, -0.1) is 0 Å². The van der Waals surface area contributed by atoms with Crippen molar-refractivity contribution in [2.45, 2.75) is 44.6 Å². The van der Waals surface area contributed by atoms with Crippen molar-refractivity contribution in [3.05, 3.63) is 59.2 Å². The summed E-state index contributed by atoms with van der Waals surface area (Å²) in [5, 5.41) is 0. The normalized spacial score (nSPS) is 17.3. The zero-order valence-electron chi connectivity index (χ0n) is 15.3. The zero-order chi connectivity index (χ0) is 18.9. The van der Waals surface area contributed by atoms with Gasteiger partial charge in [0.05, 0.1) is 4.90 Å². The average Bonchev–Trinajstić information content (AvgIpc) is 2.62. The van der Waals surface area contributed by atoms with Gasteiger partial charge in [-0.25, -0.2) is 13.1 Å². The van der Waals surface area contributed by atoms with Crippen molar-refractivity contribution in [3.63, 3.8) is 0 Å². The fraction of sp³-hybridized carbons (Fsp3) is 0.350. The summed E-state index contributed by atoms with van der Waals surface area (Å²) in [7, 11) is -3.54. The number of benzene rings is 2. The fourth-order valence-electron chi connectivity index (χ4n) is 3.53. The van der Waals surface area contributed by atoms with Gasteiger partial charge in [-0.05, 0) is 48.6 Å². The highest BCUT2D eigenvalue weighted by molar-refractivity contribution is 7.89. The molecule has 1 unspecified atom stereocenters. The Morgan fingerprint density at radius 3 is 2.54 bits per heavy atom. The van der Waals surface area contributed by atoms with Crippen molar-refractivity contribution in [2.24, 2.45) is 0 Å². The minimum atomic E-state index is -3.54. The van der Waals surface area contributed by atoms with Crippen LogP contribution in [0.5, 0.6) is 0 Å². The van der Waals surface area contributed by atoms with Gasteiger partial charge in [0.1, 0.15) is 0 Å². The van der Waals surface area contributed by atoms with Crippen LogP contribution in [0, 0.1) is 6.92 Å². The number of carbonyl (C=O) groups is 1. The number of hydrogen-bond donors (Lipinski definition) is 1. The highest BCUT2D eigenvalue weighted by atomic mass is 32.2. The third-order valence-corrected chi connectivity index (χ3v) is 6.23. The monoisotopic (exact) mass is 372 g/mol. The predicted molar refractivity (Wildman–Crippen MR) is 103 cm³/mol. The first-order chi connectivity index (χ1) is 12.3. The second-order valence-corrected chi connectivity index (χ2v) is 8.50. The summed E-state index contributed by atoms with van der Waals surface area (Å²) >= 11 is 0. The van der Waals surface area contributed by atoms with Gasteiger partial charge in [-0.3, -0.25) is 4.79 Å².